The molecule has 1 fully saturated rings. The molecule has 1 saturated carbocycles. The molecule has 0 aromatic carbocycles. The summed E-state index contributed by atoms with van der Waals surface area (Å²) in [6.45, 7) is 3.12. The summed E-state index contributed by atoms with van der Waals surface area (Å²) in [4.78, 5) is 0. The molecule has 0 bridgehead atoms. The summed E-state index contributed by atoms with van der Waals surface area (Å²) in [6, 6.07) is 0.205. The van der Waals surface area contributed by atoms with Gasteiger partial charge in [-0.2, -0.15) is 5.10 Å². The highest BCUT2D eigenvalue weighted by Gasteiger charge is 2.24. The van der Waals surface area contributed by atoms with Crippen LogP contribution >= 0.6 is 15.9 Å². The fourth-order valence-electron chi connectivity index (χ4n) is 2.95. The van der Waals surface area contributed by atoms with Crippen molar-refractivity contribution < 1.29 is 0 Å². The van der Waals surface area contributed by atoms with Crippen LogP contribution in [0.3, 0.4) is 0 Å². The van der Waals surface area contributed by atoms with Gasteiger partial charge in [-0.15, -0.1) is 0 Å². The standard InChI is InChI=1S/C13H23BrN4/c1-2-7-18-13(11(14)9-16-18)12(17-15)8-10-5-3-4-6-10/h9-10,12,17H,2-8,15H2,1H3. The molecule has 1 atom stereocenters. The average Bonchev–Trinajstić information content (AvgIpc) is 2.98. The first-order chi connectivity index (χ1) is 8.76. The van der Waals surface area contributed by atoms with E-state index in [1.54, 1.807) is 0 Å². The van der Waals surface area contributed by atoms with Crippen molar-refractivity contribution in [3.63, 3.8) is 0 Å². The van der Waals surface area contributed by atoms with Gasteiger partial charge in [-0.3, -0.25) is 16.0 Å². The Morgan fingerprint density at radius 1 is 1.56 bits per heavy atom. The summed E-state index contributed by atoms with van der Waals surface area (Å²) in [5.74, 6) is 6.57. The Bertz CT molecular complexity index is 371. The van der Waals surface area contributed by atoms with E-state index in [0.29, 0.717) is 0 Å². The van der Waals surface area contributed by atoms with Crippen molar-refractivity contribution in [2.75, 3.05) is 0 Å². The lowest BCUT2D eigenvalue weighted by Crippen LogP contribution is -2.31. The lowest BCUT2D eigenvalue weighted by atomic mass is 9.97. The average molecular weight is 315 g/mol. The molecular formula is C13H23BrN4. The maximum absolute atomic E-state index is 5.76. The van der Waals surface area contributed by atoms with Crippen LogP contribution in [-0.4, -0.2) is 9.78 Å². The first kappa shape index (κ1) is 14.0. The minimum absolute atomic E-state index is 0.205. The van der Waals surface area contributed by atoms with E-state index in [4.69, 9.17) is 5.84 Å². The van der Waals surface area contributed by atoms with Crippen LogP contribution in [-0.2, 0) is 6.54 Å². The highest BCUT2D eigenvalue weighted by atomic mass is 79.9. The fraction of sp³-hybridized carbons (Fsp3) is 0.769. The van der Waals surface area contributed by atoms with Gasteiger partial charge in [0, 0.05) is 6.54 Å². The van der Waals surface area contributed by atoms with Crippen LogP contribution in [0.15, 0.2) is 10.7 Å². The van der Waals surface area contributed by atoms with Crippen molar-refractivity contribution >= 4 is 15.9 Å². The van der Waals surface area contributed by atoms with Gasteiger partial charge in [-0.1, -0.05) is 32.6 Å². The van der Waals surface area contributed by atoms with Gasteiger partial charge < -0.3 is 0 Å². The van der Waals surface area contributed by atoms with E-state index in [2.05, 4.69) is 38.1 Å². The number of aryl methyl sites for hydroxylation is 1. The number of hydrogen-bond acceptors (Lipinski definition) is 3. The number of rotatable bonds is 6. The van der Waals surface area contributed by atoms with Gasteiger partial charge in [0.15, 0.2) is 0 Å². The molecule has 0 amide bonds. The molecule has 1 aliphatic carbocycles. The Labute approximate surface area is 117 Å². The molecule has 3 N–H and O–H groups in total. The van der Waals surface area contributed by atoms with Gasteiger partial charge in [0.05, 0.1) is 22.4 Å². The molecule has 1 aliphatic rings. The van der Waals surface area contributed by atoms with Crippen molar-refractivity contribution in [2.24, 2.45) is 11.8 Å². The molecule has 1 aromatic heterocycles. The summed E-state index contributed by atoms with van der Waals surface area (Å²) in [5.41, 5.74) is 4.18. The van der Waals surface area contributed by atoms with Crippen molar-refractivity contribution in [3.8, 4) is 0 Å². The highest BCUT2D eigenvalue weighted by Crippen LogP contribution is 2.34. The van der Waals surface area contributed by atoms with Crippen LogP contribution in [0.25, 0.3) is 0 Å². The number of nitrogens with one attached hydrogen (secondary N) is 1. The zero-order chi connectivity index (χ0) is 13.0. The second kappa shape index (κ2) is 6.68. The number of hydrogen-bond donors (Lipinski definition) is 2. The van der Waals surface area contributed by atoms with E-state index in [1.807, 2.05) is 6.20 Å². The third kappa shape index (κ3) is 3.13. The smallest absolute Gasteiger partial charge is 0.0709 e. The van der Waals surface area contributed by atoms with Crippen molar-refractivity contribution in [1.82, 2.24) is 15.2 Å². The normalized spacial score (nSPS) is 18.4. The maximum Gasteiger partial charge on any atom is 0.0709 e. The van der Waals surface area contributed by atoms with E-state index in [1.165, 1.54) is 31.4 Å². The van der Waals surface area contributed by atoms with Gasteiger partial charge in [0.2, 0.25) is 0 Å². The van der Waals surface area contributed by atoms with Crippen LogP contribution in [0.4, 0.5) is 0 Å². The number of nitrogens with two attached hydrogens (primary N) is 1. The molecule has 0 saturated heterocycles. The van der Waals surface area contributed by atoms with Crippen LogP contribution in [0, 0.1) is 5.92 Å². The molecule has 4 nitrogen and oxygen atoms in total. The van der Waals surface area contributed by atoms with Crippen molar-refractivity contribution in [2.45, 2.75) is 58.0 Å². The number of hydrazine groups is 1. The lowest BCUT2D eigenvalue weighted by Gasteiger charge is -2.21. The molecule has 0 aliphatic heterocycles. The van der Waals surface area contributed by atoms with Gasteiger partial charge >= 0.3 is 0 Å². The van der Waals surface area contributed by atoms with Crippen LogP contribution in [0.1, 0.15) is 57.2 Å². The van der Waals surface area contributed by atoms with E-state index in [9.17, 15) is 0 Å². The molecular weight excluding hydrogens is 292 g/mol. The van der Waals surface area contributed by atoms with Crippen LogP contribution in [0.2, 0.25) is 0 Å². The minimum atomic E-state index is 0.205. The first-order valence-electron chi connectivity index (χ1n) is 6.93. The number of aromatic nitrogens is 2. The van der Waals surface area contributed by atoms with Crippen molar-refractivity contribution in [3.05, 3.63) is 16.4 Å². The molecule has 0 radical (unpaired) electrons. The summed E-state index contributed by atoms with van der Waals surface area (Å²) in [7, 11) is 0. The lowest BCUT2D eigenvalue weighted by molar-refractivity contribution is 0.376. The summed E-state index contributed by atoms with van der Waals surface area (Å²) < 4.78 is 3.14. The fourth-order valence-corrected chi connectivity index (χ4v) is 3.52. The Morgan fingerprint density at radius 2 is 2.28 bits per heavy atom. The molecule has 2 rings (SSSR count). The second-order valence-corrected chi connectivity index (χ2v) is 6.06. The Balaban J connectivity index is 2.12. The predicted octanol–water partition coefficient (Wildman–Crippen LogP) is 3.14. The summed E-state index contributed by atoms with van der Waals surface area (Å²) in [5, 5.41) is 4.42. The van der Waals surface area contributed by atoms with Gasteiger partial charge in [-0.25, -0.2) is 0 Å². The zero-order valence-electron chi connectivity index (χ0n) is 11.0. The van der Waals surface area contributed by atoms with E-state index in [-0.39, 0.29) is 6.04 Å². The third-order valence-electron chi connectivity index (χ3n) is 3.84. The first-order valence-corrected chi connectivity index (χ1v) is 7.72. The molecule has 1 aromatic rings. The topological polar surface area (TPSA) is 55.9 Å². The summed E-state index contributed by atoms with van der Waals surface area (Å²) >= 11 is 3.60. The Morgan fingerprint density at radius 3 is 2.89 bits per heavy atom. The van der Waals surface area contributed by atoms with Gasteiger partial charge in [0.1, 0.15) is 0 Å². The zero-order valence-corrected chi connectivity index (χ0v) is 12.6. The summed E-state index contributed by atoms with van der Waals surface area (Å²) in [6.07, 6.45) is 9.51. The van der Waals surface area contributed by atoms with E-state index < -0.39 is 0 Å². The predicted molar refractivity (Wildman–Crippen MR) is 76.9 cm³/mol. The number of nitrogens with zero attached hydrogens (tertiary/aromatic N) is 2. The quantitative estimate of drug-likeness (QED) is 0.626. The molecule has 5 heteroatoms. The van der Waals surface area contributed by atoms with E-state index >= 15 is 0 Å². The highest BCUT2D eigenvalue weighted by molar-refractivity contribution is 9.10. The minimum Gasteiger partial charge on any atom is -0.271 e. The number of halogens is 1. The molecule has 1 heterocycles. The van der Waals surface area contributed by atoms with Gasteiger partial charge in [-0.05, 0) is 34.7 Å². The molecule has 102 valence electrons. The van der Waals surface area contributed by atoms with Crippen LogP contribution in [0.5, 0.6) is 0 Å². The van der Waals surface area contributed by atoms with Crippen molar-refractivity contribution in [1.29, 1.82) is 0 Å². The maximum atomic E-state index is 5.76. The van der Waals surface area contributed by atoms with Gasteiger partial charge in [0.25, 0.3) is 0 Å². The van der Waals surface area contributed by atoms with E-state index in [0.717, 1.165) is 29.8 Å². The Kier molecular flexibility index (Phi) is 5.21. The monoisotopic (exact) mass is 314 g/mol. The molecule has 0 spiro atoms. The third-order valence-corrected chi connectivity index (χ3v) is 4.45. The molecule has 18 heavy (non-hydrogen) atoms. The SMILES string of the molecule is CCCn1ncc(Br)c1C(CC1CCCC1)NN. The molecule has 1 unspecified atom stereocenters. The second-order valence-electron chi connectivity index (χ2n) is 5.21. The largest absolute Gasteiger partial charge is 0.271 e. The Hall–Kier alpha value is -0.390. The van der Waals surface area contributed by atoms with Crippen LogP contribution < -0.4 is 11.3 Å².